The summed E-state index contributed by atoms with van der Waals surface area (Å²) in [6, 6.07) is 9.97. The number of guanidine groups is 1. The summed E-state index contributed by atoms with van der Waals surface area (Å²) in [6.07, 6.45) is 3.57. The summed E-state index contributed by atoms with van der Waals surface area (Å²) in [5.74, 6) is 2.63. The second-order valence-electron chi connectivity index (χ2n) is 6.57. The number of para-hydroxylation sites is 1. The van der Waals surface area contributed by atoms with E-state index in [1.54, 1.807) is 12.4 Å². The van der Waals surface area contributed by atoms with Gasteiger partial charge in [-0.2, -0.15) is 0 Å². The molecule has 0 aliphatic carbocycles. The maximum absolute atomic E-state index is 6.00. The highest BCUT2D eigenvalue weighted by Gasteiger charge is 2.21. The lowest BCUT2D eigenvalue weighted by atomic mass is 10.1. The van der Waals surface area contributed by atoms with Crippen molar-refractivity contribution in [1.29, 1.82) is 0 Å². The standard InChI is InChI=1S/C20H24N6O/c1-15-16-6-3-4-7-17(16)27-18(15)14-24-19(21-2)25-10-12-26(13-11-25)20-22-8-5-9-23-20/h3-9H,10-14H2,1-2H3,(H,21,24). The van der Waals surface area contributed by atoms with Crippen LogP contribution in [0.2, 0.25) is 0 Å². The highest BCUT2D eigenvalue weighted by Crippen LogP contribution is 2.24. The number of hydrogen-bond acceptors (Lipinski definition) is 5. The Hall–Kier alpha value is -3.09. The SMILES string of the molecule is CN=C(NCc1oc2ccccc2c1C)N1CCN(c2ncccn2)CC1. The molecule has 0 unspecified atom stereocenters. The lowest BCUT2D eigenvalue weighted by Crippen LogP contribution is -2.52. The number of nitrogens with one attached hydrogen (secondary N) is 1. The number of aromatic nitrogens is 2. The van der Waals surface area contributed by atoms with E-state index in [2.05, 4.69) is 43.1 Å². The van der Waals surface area contributed by atoms with E-state index >= 15 is 0 Å². The number of aliphatic imine (C=N–C) groups is 1. The molecular formula is C20H24N6O. The predicted molar refractivity (Wildman–Crippen MR) is 107 cm³/mol. The van der Waals surface area contributed by atoms with E-state index in [1.165, 1.54) is 10.9 Å². The molecule has 7 nitrogen and oxygen atoms in total. The molecule has 2 aromatic heterocycles. The van der Waals surface area contributed by atoms with Gasteiger partial charge in [0.25, 0.3) is 0 Å². The summed E-state index contributed by atoms with van der Waals surface area (Å²) < 4.78 is 6.00. The summed E-state index contributed by atoms with van der Waals surface area (Å²) in [5, 5.41) is 4.61. The molecule has 0 bridgehead atoms. The van der Waals surface area contributed by atoms with Gasteiger partial charge >= 0.3 is 0 Å². The zero-order chi connectivity index (χ0) is 18.6. The van der Waals surface area contributed by atoms with Crippen LogP contribution < -0.4 is 10.2 Å². The van der Waals surface area contributed by atoms with Crippen LogP contribution in [0, 0.1) is 6.92 Å². The number of furan rings is 1. The fraction of sp³-hybridized carbons (Fsp3) is 0.350. The Morgan fingerprint density at radius 3 is 2.56 bits per heavy atom. The van der Waals surface area contributed by atoms with Crippen molar-refractivity contribution < 1.29 is 4.42 Å². The summed E-state index contributed by atoms with van der Waals surface area (Å²) in [7, 11) is 1.82. The maximum atomic E-state index is 6.00. The summed E-state index contributed by atoms with van der Waals surface area (Å²) in [6.45, 7) is 6.20. The average Bonchev–Trinajstić information content (AvgIpc) is 3.05. The molecule has 1 saturated heterocycles. The van der Waals surface area contributed by atoms with Gasteiger partial charge in [-0.25, -0.2) is 9.97 Å². The van der Waals surface area contributed by atoms with Crippen LogP contribution in [0.15, 0.2) is 52.1 Å². The Morgan fingerprint density at radius 1 is 1.11 bits per heavy atom. The molecule has 0 atom stereocenters. The smallest absolute Gasteiger partial charge is 0.225 e. The molecule has 0 saturated carbocycles. The molecule has 1 N–H and O–H groups in total. The third-order valence-electron chi connectivity index (χ3n) is 4.98. The van der Waals surface area contributed by atoms with Gasteiger partial charge in [-0.05, 0) is 19.1 Å². The van der Waals surface area contributed by atoms with Crippen molar-refractivity contribution >= 4 is 22.9 Å². The molecular weight excluding hydrogens is 340 g/mol. The quantitative estimate of drug-likeness (QED) is 0.569. The van der Waals surface area contributed by atoms with Crippen molar-refractivity contribution in [3.05, 3.63) is 54.0 Å². The number of fused-ring (bicyclic) bond motifs is 1. The Balaban J connectivity index is 1.38. The number of benzene rings is 1. The molecule has 1 fully saturated rings. The molecule has 0 spiro atoms. The number of rotatable bonds is 3. The largest absolute Gasteiger partial charge is 0.459 e. The number of nitrogens with zero attached hydrogens (tertiary/aromatic N) is 5. The lowest BCUT2D eigenvalue weighted by molar-refractivity contribution is 0.368. The molecule has 1 aliphatic heterocycles. The summed E-state index contributed by atoms with van der Waals surface area (Å²) in [4.78, 5) is 17.6. The third-order valence-corrected chi connectivity index (χ3v) is 4.98. The van der Waals surface area contributed by atoms with E-state index in [4.69, 9.17) is 4.42 Å². The van der Waals surface area contributed by atoms with Crippen LogP contribution in [0.3, 0.4) is 0 Å². The molecule has 27 heavy (non-hydrogen) atoms. The number of aryl methyl sites for hydroxylation is 1. The van der Waals surface area contributed by atoms with Crippen LogP contribution in [0.5, 0.6) is 0 Å². The van der Waals surface area contributed by atoms with Crippen molar-refractivity contribution in [2.45, 2.75) is 13.5 Å². The fourth-order valence-electron chi connectivity index (χ4n) is 3.46. The first-order valence-corrected chi connectivity index (χ1v) is 9.21. The third kappa shape index (κ3) is 3.58. The summed E-state index contributed by atoms with van der Waals surface area (Å²) >= 11 is 0. The second-order valence-corrected chi connectivity index (χ2v) is 6.57. The zero-order valence-electron chi connectivity index (χ0n) is 15.7. The van der Waals surface area contributed by atoms with Gasteiger partial charge in [0.1, 0.15) is 11.3 Å². The molecule has 4 rings (SSSR count). The number of piperazine rings is 1. The summed E-state index contributed by atoms with van der Waals surface area (Å²) in [5.41, 5.74) is 2.11. The molecule has 3 heterocycles. The number of anilines is 1. The Kier molecular flexibility index (Phi) is 4.91. The normalized spacial score (nSPS) is 15.4. The van der Waals surface area contributed by atoms with E-state index in [0.717, 1.165) is 49.4 Å². The molecule has 1 aromatic carbocycles. The van der Waals surface area contributed by atoms with E-state index < -0.39 is 0 Å². The van der Waals surface area contributed by atoms with Gasteiger partial charge in [-0.15, -0.1) is 0 Å². The second kappa shape index (κ2) is 7.65. The van der Waals surface area contributed by atoms with Crippen molar-refractivity contribution in [2.24, 2.45) is 4.99 Å². The Morgan fingerprint density at radius 2 is 1.85 bits per heavy atom. The maximum Gasteiger partial charge on any atom is 0.225 e. The van der Waals surface area contributed by atoms with Gasteiger partial charge in [0.05, 0.1) is 6.54 Å². The highest BCUT2D eigenvalue weighted by atomic mass is 16.3. The Labute approximate surface area is 158 Å². The monoisotopic (exact) mass is 364 g/mol. The predicted octanol–water partition coefficient (Wildman–Crippen LogP) is 2.43. The molecule has 140 valence electrons. The van der Waals surface area contributed by atoms with Crippen molar-refractivity contribution in [3.63, 3.8) is 0 Å². The molecule has 1 aliphatic rings. The zero-order valence-corrected chi connectivity index (χ0v) is 15.7. The van der Waals surface area contributed by atoms with Crippen molar-refractivity contribution in [1.82, 2.24) is 20.2 Å². The van der Waals surface area contributed by atoms with E-state index in [1.807, 2.05) is 31.3 Å². The first kappa shape index (κ1) is 17.3. The average molecular weight is 364 g/mol. The van der Waals surface area contributed by atoms with Crippen LogP contribution in [0.25, 0.3) is 11.0 Å². The van der Waals surface area contributed by atoms with Gasteiger partial charge in [-0.3, -0.25) is 4.99 Å². The van der Waals surface area contributed by atoms with Gasteiger partial charge < -0.3 is 19.5 Å². The van der Waals surface area contributed by atoms with Gasteiger partial charge in [0, 0.05) is 56.6 Å². The molecule has 7 heteroatoms. The minimum Gasteiger partial charge on any atom is -0.459 e. The van der Waals surface area contributed by atoms with Crippen LogP contribution >= 0.6 is 0 Å². The van der Waals surface area contributed by atoms with E-state index in [0.29, 0.717) is 6.54 Å². The minimum absolute atomic E-state index is 0.620. The van der Waals surface area contributed by atoms with E-state index in [9.17, 15) is 0 Å². The van der Waals surface area contributed by atoms with Gasteiger partial charge in [0.2, 0.25) is 5.95 Å². The van der Waals surface area contributed by atoms with Crippen LogP contribution in [0.1, 0.15) is 11.3 Å². The van der Waals surface area contributed by atoms with Crippen LogP contribution in [0.4, 0.5) is 5.95 Å². The van der Waals surface area contributed by atoms with Gasteiger partial charge in [0.15, 0.2) is 5.96 Å². The molecule has 0 radical (unpaired) electrons. The highest BCUT2D eigenvalue weighted by molar-refractivity contribution is 5.83. The molecule has 3 aromatic rings. The van der Waals surface area contributed by atoms with Crippen molar-refractivity contribution in [3.8, 4) is 0 Å². The first-order chi connectivity index (χ1) is 13.3. The molecule has 0 amide bonds. The minimum atomic E-state index is 0.620. The first-order valence-electron chi connectivity index (χ1n) is 9.21. The fourth-order valence-corrected chi connectivity index (χ4v) is 3.46. The van der Waals surface area contributed by atoms with Crippen molar-refractivity contribution in [2.75, 3.05) is 38.1 Å². The van der Waals surface area contributed by atoms with Crippen LogP contribution in [-0.2, 0) is 6.54 Å². The van der Waals surface area contributed by atoms with Gasteiger partial charge in [-0.1, -0.05) is 18.2 Å². The van der Waals surface area contributed by atoms with E-state index in [-0.39, 0.29) is 0 Å². The lowest BCUT2D eigenvalue weighted by Gasteiger charge is -2.36. The number of hydrogen-bond donors (Lipinski definition) is 1. The Bertz CT molecular complexity index is 928. The topological polar surface area (TPSA) is 69.8 Å². The van der Waals surface area contributed by atoms with Crippen LogP contribution in [-0.4, -0.2) is 54.1 Å².